The van der Waals surface area contributed by atoms with Crippen LogP contribution in [-0.4, -0.2) is 12.3 Å². The van der Waals surface area contributed by atoms with Crippen LogP contribution in [0.3, 0.4) is 0 Å². The number of nitrogens with one attached hydrogen (secondary N) is 1. The molecule has 0 saturated carbocycles. The first-order valence-corrected chi connectivity index (χ1v) is 8.32. The molecule has 0 fully saturated rings. The number of allylic oxidation sites excluding steroid dienone is 2. The molecule has 0 bridgehead atoms. The Morgan fingerprint density at radius 3 is 2.57 bits per heavy atom. The van der Waals surface area contributed by atoms with E-state index in [1.54, 1.807) is 0 Å². The molecule has 0 spiro atoms. The van der Waals surface area contributed by atoms with E-state index < -0.39 is 0 Å². The van der Waals surface area contributed by atoms with Crippen molar-refractivity contribution in [1.29, 1.82) is 0 Å². The third-order valence-electron chi connectivity index (χ3n) is 4.15. The summed E-state index contributed by atoms with van der Waals surface area (Å²) in [6.45, 7) is 3.23. The van der Waals surface area contributed by atoms with E-state index in [1.807, 2.05) is 12.1 Å². The quantitative estimate of drug-likeness (QED) is 0.708. The largest absolute Gasteiger partial charge is 0.388 e. The van der Waals surface area contributed by atoms with Gasteiger partial charge in [-0.25, -0.2) is 0 Å². The zero-order valence-electron chi connectivity index (χ0n) is 13.1. The van der Waals surface area contributed by atoms with Crippen molar-refractivity contribution in [1.82, 2.24) is 5.32 Å². The van der Waals surface area contributed by atoms with Crippen LogP contribution in [0.15, 0.2) is 42.1 Å². The molecular formula is C19H27NO. The second-order valence-electron chi connectivity index (χ2n) is 5.99. The number of hydrogen-bond donors (Lipinski definition) is 1. The van der Waals surface area contributed by atoms with Crippen molar-refractivity contribution in [2.24, 2.45) is 0 Å². The van der Waals surface area contributed by atoms with Crippen LogP contribution in [0.1, 0.15) is 63.4 Å². The first-order chi connectivity index (χ1) is 10.3. The molecule has 1 aromatic rings. The summed E-state index contributed by atoms with van der Waals surface area (Å²) in [7, 11) is 0. The Hall–Kier alpha value is -1.57. The van der Waals surface area contributed by atoms with Crippen LogP contribution in [0.4, 0.5) is 0 Å². The van der Waals surface area contributed by atoms with Gasteiger partial charge in [0, 0.05) is 24.7 Å². The lowest BCUT2D eigenvalue weighted by Gasteiger charge is -2.23. The van der Waals surface area contributed by atoms with Gasteiger partial charge in [-0.05, 0) is 24.3 Å². The molecule has 1 aliphatic rings. The zero-order valence-corrected chi connectivity index (χ0v) is 13.1. The van der Waals surface area contributed by atoms with Gasteiger partial charge in [-0.1, -0.05) is 62.9 Å². The molecule has 0 aliphatic heterocycles. The van der Waals surface area contributed by atoms with Crippen LogP contribution in [0, 0.1) is 0 Å². The van der Waals surface area contributed by atoms with Gasteiger partial charge in [0.25, 0.3) is 0 Å². The molecule has 2 nitrogen and oxygen atoms in total. The van der Waals surface area contributed by atoms with Gasteiger partial charge >= 0.3 is 0 Å². The zero-order chi connectivity index (χ0) is 14.9. The summed E-state index contributed by atoms with van der Waals surface area (Å²) in [4.78, 5) is 11.9. The Balaban J connectivity index is 1.79. The molecule has 1 aliphatic carbocycles. The first-order valence-electron chi connectivity index (χ1n) is 8.32. The highest BCUT2D eigenvalue weighted by Crippen LogP contribution is 2.30. The normalized spacial score (nSPS) is 18.4. The fourth-order valence-corrected chi connectivity index (χ4v) is 2.95. The van der Waals surface area contributed by atoms with E-state index in [1.165, 1.54) is 37.7 Å². The molecule has 0 radical (unpaired) electrons. The highest BCUT2D eigenvalue weighted by molar-refractivity contribution is 5.91. The Bertz CT molecular complexity index is 464. The number of ketones is 1. The van der Waals surface area contributed by atoms with Crippen molar-refractivity contribution in [3.63, 3.8) is 0 Å². The standard InChI is InChI=1S/C19H27NO/c1-2-3-4-5-9-12-20-18-13-17(14-19(21)15-18)16-10-7-6-8-11-16/h6-8,10-11,15,17,20H,2-5,9,12-14H2,1H3/t17-/m0/s1. The van der Waals surface area contributed by atoms with Crippen LogP contribution in [0.25, 0.3) is 0 Å². The van der Waals surface area contributed by atoms with Crippen molar-refractivity contribution in [3.8, 4) is 0 Å². The predicted octanol–water partition coefficient (Wildman–Crippen LogP) is 4.58. The van der Waals surface area contributed by atoms with Crippen LogP contribution < -0.4 is 5.32 Å². The number of benzene rings is 1. The van der Waals surface area contributed by atoms with Gasteiger partial charge in [-0.3, -0.25) is 4.79 Å². The van der Waals surface area contributed by atoms with E-state index in [4.69, 9.17) is 0 Å². The minimum atomic E-state index is 0.253. The summed E-state index contributed by atoms with van der Waals surface area (Å²) in [6.07, 6.45) is 9.83. The van der Waals surface area contributed by atoms with E-state index >= 15 is 0 Å². The Kier molecular flexibility index (Phi) is 6.52. The summed E-state index contributed by atoms with van der Waals surface area (Å²) in [6, 6.07) is 10.4. The highest BCUT2D eigenvalue weighted by Gasteiger charge is 2.21. The van der Waals surface area contributed by atoms with Gasteiger partial charge < -0.3 is 5.32 Å². The number of hydrogen-bond acceptors (Lipinski definition) is 2. The maximum atomic E-state index is 11.9. The molecule has 2 rings (SSSR count). The molecule has 21 heavy (non-hydrogen) atoms. The first kappa shape index (κ1) is 15.8. The molecular weight excluding hydrogens is 258 g/mol. The molecule has 2 heteroatoms. The minimum absolute atomic E-state index is 0.253. The summed E-state index contributed by atoms with van der Waals surface area (Å²) in [5.74, 6) is 0.592. The third kappa shape index (κ3) is 5.37. The monoisotopic (exact) mass is 285 g/mol. The highest BCUT2D eigenvalue weighted by atomic mass is 16.1. The van der Waals surface area contributed by atoms with Gasteiger partial charge in [0.1, 0.15) is 0 Å². The van der Waals surface area contributed by atoms with Gasteiger partial charge in [0.05, 0.1) is 0 Å². The van der Waals surface area contributed by atoms with Gasteiger partial charge in [-0.2, -0.15) is 0 Å². The number of carbonyl (C=O) groups is 1. The van der Waals surface area contributed by atoms with E-state index in [0.717, 1.165) is 18.7 Å². The lowest BCUT2D eigenvalue weighted by molar-refractivity contribution is -0.115. The van der Waals surface area contributed by atoms with Crippen LogP contribution >= 0.6 is 0 Å². The molecule has 0 unspecified atom stereocenters. The van der Waals surface area contributed by atoms with E-state index in [0.29, 0.717) is 12.3 Å². The molecule has 0 saturated heterocycles. The van der Waals surface area contributed by atoms with Crippen LogP contribution in [-0.2, 0) is 4.79 Å². The van der Waals surface area contributed by atoms with Crippen molar-refractivity contribution in [2.75, 3.05) is 6.54 Å². The summed E-state index contributed by atoms with van der Waals surface area (Å²) < 4.78 is 0. The van der Waals surface area contributed by atoms with Gasteiger partial charge in [0.15, 0.2) is 5.78 Å². The maximum absolute atomic E-state index is 11.9. The van der Waals surface area contributed by atoms with Crippen molar-refractivity contribution >= 4 is 5.78 Å². The van der Waals surface area contributed by atoms with E-state index in [9.17, 15) is 4.79 Å². The molecule has 1 aromatic carbocycles. The molecule has 1 atom stereocenters. The smallest absolute Gasteiger partial charge is 0.158 e. The second-order valence-corrected chi connectivity index (χ2v) is 5.99. The topological polar surface area (TPSA) is 29.1 Å². The summed E-state index contributed by atoms with van der Waals surface area (Å²) in [5.41, 5.74) is 2.40. The average molecular weight is 285 g/mol. The Morgan fingerprint density at radius 2 is 1.81 bits per heavy atom. The molecule has 0 heterocycles. The third-order valence-corrected chi connectivity index (χ3v) is 4.15. The Labute approximate surface area is 128 Å². The molecule has 0 amide bonds. The predicted molar refractivity (Wildman–Crippen MR) is 88.3 cm³/mol. The Morgan fingerprint density at radius 1 is 1.05 bits per heavy atom. The lowest BCUT2D eigenvalue weighted by atomic mass is 9.85. The minimum Gasteiger partial charge on any atom is -0.388 e. The molecule has 0 aromatic heterocycles. The maximum Gasteiger partial charge on any atom is 0.158 e. The van der Waals surface area contributed by atoms with Gasteiger partial charge in [-0.15, -0.1) is 0 Å². The van der Waals surface area contributed by atoms with Crippen LogP contribution in [0.2, 0.25) is 0 Å². The lowest BCUT2D eigenvalue weighted by Crippen LogP contribution is -2.22. The van der Waals surface area contributed by atoms with E-state index in [2.05, 4.69) is 36.5 Å². The fraction of sp³-hybridized carbons (Fsp3) is 0.526. The number of carbonyl (C=O) groups excluding carboxylic acids is 1. The molecule has 114 valence electrons. The summed E-state index contributed by atoms with van der Waals surface area (Å²) >= 11 is 0. The molecule has 1 N–H and O–H groups in total. The summed E-state index contributed by atoms with van der Waals surface area (Å²) in [5, 5.41) is 3.47. The number of unbranched alkanes of at least 4 members (excludes halogenated alkanes) is 4. The van der Waals surface area contributed by atoms with Crippen LogP contribution in [0.5, 0.6) is 0 Å². The SMILES string of the molecule is CCCCCCCNC1=CC(=O)C[C@@H](c2ccccc2)C1. The van der Waals surface area contributed by atoms with Crippen molar-refractivity contribution in [3.05, 3.63) is 47.7 Å². The van der Waals surface area contributed by atoms with Gasteiger partial charge in [0.2, 0.25) is 0 Å². The van der Waals surface area contributed by atoms with E-state index in [-0.39, 0.29) is 5.78 Å². The number of rotatable bonds is 8. The van der Waals surface area contributed by atoms with Crippen molar-refractivity contribution in [2.45, 2.75) is 57.8 Å². The second kappa shape index (κ2) is 8.66. The van der Waals surface area contributed by atoms with Crippen molar-refractivity contribution < 1.29 is 4.79 Å². The fourth-order valence-electron chi connectivity index (χ4n) is 2.95. The average Bonchev–Trinajstić information content (AvgIpc) is 2.51.